The van der Waals surface area contributed by atoms with Crippen LogP contribution in [0.25, 0.3) is 0 Å². The van der Waals surface area contributed by atoms with Crippen molar-refractivity contribution < 1.29 is 28.7 Å². The predicted molar refractivity (Wildman–Crippen MR) is 135 cm³/mol. The zero-order valence-corrected chi connectivity index (χ0v) is 21.1. The molecule has 0 aromatic heterocycles. The van der Waals surface area contributed by atoms with Crippen molar-refractivity contribution >= 4 is 29.6 Å². The molecule has 1 fully saturated rings. The number of hydrogen-bond acceptors (Lipinski definition) is 6. The van der Waals surface area contributed by atoms with Crippen LogP contribution in [0.3, 0.4) is 0 Å². The Kier molecular flexibility index (Phi) is 8.68. The van der Waals surface area contributed by atoms with Crippen LogP contribution in [-0.2, 0) is 19.1 Å². The maximum atomic E-state index is 13.1. The van der Waals surface area contributed by atoms with Crippen molar-refractivity contribution in [2.75, 3.05) is 25.0 Å². The minimum Gasteiger partial charge on any atom is -0.462 e. The lowest BCUT2D eigenvalue weighted by Gasteiger charge is -2.30. The van der Waals surface area contributed by atoms with Crippen LogP contribution in [0.15, 0.2) is 54.6 Å². The first-order chi connectivity index (χ1) is 17.1. The smallest absolute Gasteiger partial charge is 0.338 e. The van der Waals surface area contributed by atoms with E-state index >= 15 is 0 Å². The van der Waals surface area contributed by atoms with Gasteiger partial charge in [-0.05, 0) is 57.9 Å². The van der Waals surface area contributed by atoms with Gasteiger partial charge in [0.15, 0.2) is 0 Å². The Morgan fingerprint density at radius 3 is 2.42 bits per heavy atom. The molecular formula is C27H33N3O6. The number of esters is 2. The van der Waals surface area contributed by atoms with Crippen LogP contribution in [-0.4, -0.2) is 60.1 Å². The largest absolute Gasteiger partial charge is 0.462 e. The predicted octanol–water partition coefficient (Wildman–Crippen LogP) is 3.71. The fourth-order valence-corrected chi connectivity index (χ4v) is 4.15. The Hall–Kier alpha value is -3.88. The van der Waals surface area contributed by atoms with E-state index in [9.17, 15) is 19.2 Å². The van der Waals surface area contributed by atoms with Crippen LogP contribution >= 0.6 is 0 Å². The van der Waals surface area contributed by atoms with Crippen molar-refractivity contribution in [3.8, 4) is 0 Å². The minimum absolute atomic E-state index is 0.204. The average Bonchev–Trinajstić information content (AvgIpc) is 3.28. The summed E-state index contributed by atoms with van der Waals surface area (Å²) in [4.78, 5) is 52.0. The van der Waals surface area contributed by atoms with Crippen LogP contribution in [0, 0.1) is 0 Å². The second-order valence-electron chi connectivity index (χ2n) is 9.48. The number of amides is 3. The number of nitrogens with zero attached hydrogens (tertiary/aromatic N) is 1. The Bertz CT molecular complexity index is 1100. The summed E-state index contributed by atoms with van der Waals surface area (Å²) in [6, 6.07) is 14.5. The van der Waals surface area contributed by atoms with Crippen LogP contribution in [0.2, 0.25) is 0 Å². The summed E-state index contributed by atoms with van der Waals surface area (Å²) in [5.41, 5.74) is 0.930. The second kappa shape index (κ2) is 11.7. The first-order valence-corrected chi connectivity index (χ1v) is 12.0. The molecule has 0 spiro atoms. The Balaban J connectivity index is 1.66. The lowest BCUT2D eigenvalue weighted by atomic mass is 9.91. The van der Waals surface area contributed by atoms with E-state index in [1.807, 2.05) is 30.3 Å². The Morgan fingerprint density at radius 2 is 1.75 bits per heavy atom. The molecule has 1 aliphatic heterocycles. The number of benzene rings is 2. The number of carbonyl (C=O) groups excluding carboxylic acids is 4. The summed E-state index contributed by atoms with van der Waals surface area (Å²) in [6.07, 6.45) is 0.604. The molecular weight excluding hydrogens is 462 g/mol. The molecule has 9 heteroatoms. The van der Waals surface area contributed by atoms with E-state index in [1.54, 1.807) is 45.9 Å². The molecule has 0 aliphatic carbocycles. The maximum absolute atomic E-state index is 13.1. The van der Waals surface area contributed by atoms with Gasteiger partial charge in [-0.15, -0.1) is 0 Å². The third-order valence-electron chi connectivity index (χ3n) is 5.63. The van der Waals surface area contributed by atoms with Gasteiger partial charge in [-0.25, -0.2) is 14.4 Å². The fourth-order valence-electron chi connectivity index (χ4n) is 4.15. The van der Waals surface area contributed by atoms with E-state index in [0.29, 0.717) is 24.2 Å². The molecule has 1 aliphatic rings. The lowest BCUT2D eigenvalue weighted by molar-refractivity contribution is -0.163. The van der Waals surface area contributed by atoms with Crippen molar-refractivity contribution in [3.05, 3.63) is 65.7 Å². The maximum Gasteiger partial charge on any atom is 0.338 e. The topological polar surface area (TPSA) is 114 Å². The molecule has 0 radical (unpaired) electrons. The first kappa shape index (κ1) is 26.7. The highest BCUT2D eigenvalue weighted by Crippen LogP contribution is 2.35. The molecule has 0 bridgehead atoms. The number of urea groups is 1. The third kappa shape index (κ3) is 7.07. The van der Waals surface area contributed by atoms with Gasteiger partial charge in [0.2, 0.25) is 5.91 Å². The number of anilines is 1. The monoisotopic (exact) mass is 495 g/mol. The molecule has 1 unspecified atom stereocenters. The average molecular weight is 496 g/mol. The fraction of sp³-hybridized carbons (Fsp3) is 0.407. The van der Waals surface area contributed by atoms with Crippen molar-refractivity contribution in [1.29, 1.82) is 0 Å². The molecule has 0 saturated carbocycles. The molecule has 1 saturated heterocycles. The molecule has 2 atom stereocenters. The number of likely N-dealkylation sites (tertiary alicyclic amines) is 1. The van der Waals surface area contributed by atoms with Gasteiger partial charge in [0.05, 0.1) is 18.7 Å². The summed E-state index contributed by atoms with van der Waals surface area (Å²) in [7, 11) is 0. The molecule has 2 N–H and O–H groups in total. The molecule has 192 valence electrons. The van der Waals surface area contributed by atoms with Crippen LogP contribution in [0.5, 0.6) is 0 Å². The highest BCUT2D eigenvalue weighted by molar-refractivity contribution is 5.95. The quantitative estimate of drug-likeness (QED) is 0.566. The molecule has 3 amide bonds. The van der Waals surface area contributed by atoms with Crippen LogP contribution < -0.4 is 10.6 Å². The van der Waals surface area contributed by atoms with Gasteiger partial charge in [-0.3, -0.25) is 4.79 Å². The summed E-state index contributed by atoms with van der Waals surface area (Å²) in [6.45, 7) is 7.37. The van der Waals surface area contributed by atoms with Gasteiger partial charge in [-0.2, -0.15) is 0 Å². The summed E-state index contributed by atoms with van der Waals surface area (Å²) >= 11 is 0. The van der Waals surface area contributed by atoms with E-state index in [4.69, 9.17) is 9.47 Å². The number of hydrogen-bond donors (Lipinski definition) is 2. The standard InChI is InChI=1S/C27H33N3O6/c1-5-35-24(32)19-12-9-13-20(16-19)29-26(34)28-17-22(31)30-15-14-21(18-10-7-6-8-11-18)23(30)25(33)36-27(2,3)4/h6-13,16,21,23H,5,14-15,17H2,1-4H3,(H2,28,29,34)/t21?,23-/m0/s1. The Labute approximate surface area is 211 Å². The number of rotatable bonds is 7. The zero-order chi connectivity index (χ0) is 26.3. The first-order valence-electron chi connectivity index (χ1n) is 12.0. The van der Waals surface area contributed by atoms with Crippen LogP contribution in [0.1, 0.15) is 56.0 Å². The molecule has 1 heterocycles. The van der Waals surface area contributed by atoms with Gasteiger partial charge >= 0.3 is 18.0 Å². The van der Waals surface area contributed by atoms with Crippen molar-refractivity contribution in [2.24, 2.45) is 0 Å². The van der Waals surface area contributed by atoms with Gasteiger partial charge in [0.1, 0.15) is 11.6 Å². The van der Waals surface area contributed by atoms with Gasteiger partial charge in [0, 0.05) is 18.2 Å². The summed E-state index contributed by atoms with van der Waals surface area (Å²) in [5, 5.41) is 5.14. The van der Waals surface area contributed by atoms with E-state index in [1.165, 1.54) is 11.0 Å². The van der Waals surface area contributed by atoms with Crippen LogP contribution in [0.4, 0.5) is 10.5 Å². The van der Waals surface area contributed by atoms with Crippen molar-refractivity contribution in [3.63, 3.8) is 0 Å². The second-order valence-corrected chi connectivity index (χ2v) is 9.48. The minimum atomic E-state index is -0.787. The number of ether oxygens (including phenoxy) is 2. The number of carbonyl (C=O) groups is 4. The normalized spacial score (nSPS) is 17.3. The van der Waals surface area contributed by atoms with Gasteiger partial charge in [0.25, 0.3) is 0 Å². The van der Waals surface area contributed by atoms with E-state index < -0.39 is 29.6 Å². The molecule has 36 heavy (non-hydrogen) atoms. The Morgan fingerprint density at radius 1 is 1.03 bits per heavy atom. The SMILES string of the molecule is CCOC(=O)c1cccc(NC(=O)NCC(=O)N2CCC(c3ccccc3)[C@H]2C(=O)OC(C)(C)C)c1. The van der Waals surface area contributed by atoms with Crippen molar-refractivity contribution in [2.45, 2.75) is 51.7 Å². The highest BCUT2D eigenvalue weighted by atomic mass is 16.6. The third-order valence-corrected chi connectivity index (χ3v) is 5.63. The van der Waals surface area contributed by atoms with E-state index in [-0.39, 0.29) is 25.0 Å². The molecule has 3 rings (SSSR count). The van der Waals surface area contributed by atoms with Gasteiger partial charge in [-0.1, -0.05) is 36.4 Å². The molecule has 9 nitrogen and oxygen atoms in total. The van der Waals surface area contributed by atoms with E-state index in [0.717, 1.165) is 5.56 Å². The molecule has 2 aromatic carbocycles. The number of nitrogens with one attached hydrogen (secondary N) is 2. The van der Waals surface area contributed by atoms with E-state index in [2.05, 4.69) is 10.6 Å². The van der Waals surface area contributed by atoms with Crippen molar-refractivity contribution in [1.82, 2.24) is 10.2 Å². The summed E-state index contributed by atoms with van der Waals surface area (Å²) < 4.78 is 10.6. The molecule has 2 aromatic rings. The summed E-state index contributed by atoms with van der Waals surface area (Å²) in [5.74, 6) is -1.56. The van der Waals surface area contributed by atoms with Gasteiger partial charge < -0.3 is 25.0 Å². The lowest BCUT2D eigenvalue weighted by Crippen LogP contribution is -2.49. The highest BCUT2D eigenvalue weighted by Gasteiger charge is 2.44. The zero-order valence-electron chi connectivity index (χ0n) is 21.1.